The fourth-order valence-corrected chi connectivity index (χ4v) is 1.43. The van der Waals surface area contributed by atoms with Crippen molar-refractivity contribution in [3.05, 3.63) is 30.1 Å². The molecule has 0 radical (unpaired) electrons. The summed E-state index contributed by atoms with van der Waals surface area (Å²) in [5.41, 5.74) is 2.54. The van der Waals surface area contributed by atoms with Crippen LogP contribution in [0.4, 0.5) is 0 Å². The Balaban J connectivity index is 2.59. The second-order valence-corrected chi connectivity index (χ2v) is 5.18. The molecule has 3 nitrogen and oxygen atoms in total. The molecular formula is C13H23N3. The zero-order valence-corrected chi connectivity index (χ0v) is 10.9. The Morgan fingerprint density at radius 2 is 2.19 bits per heavy atom. The molecule has 1 heterocycles. The number of allylic oxidation sites excluding steroid dienone is 1. The second kappa shape index (κ2) is 5.30. The molecule has 0 saturated carbocycles. The molecule has 1 rings (SSSR count). The van der Waals surface area contributed by atoms with Gasteiger partial charge in [0.15, 0.2) is 0 Å². The molecule has 0 amide bonds. The molecule has 0 spiro atoms. The highest BCUT2D eigenvalue weighted by atomic mass is 15.3. The van der Waals surface area contributed by atoms with Crippen LogP contribution >= 0.6 is 0 Å². The van der Waals surface area contributed by atoms with E-state index < -0.39 is 0 Å². The molecule has 0 aromatic carbocycles. The Bertz CT molecular complexity index is 345. The van der Waals surface area contributed by atoms with Gasteiger partial charge in [-0.05, 0) is 34.1 Å². The molecule has 0 atom stereocenters. The number of hydrogen-bond donors (Lipinski definition) is 1. The zero-order valence-electron chi connectivity index (χ0n) is 10.9. The Morgan fingerprint density at radius 1 is 1.50 bits per heavy atom. The molecule has 0 aliphatic carbocycles. The highest BCUT2D eigenvalue weighted by Crippen LogP contribution is 2.08. The maximum Gasteiger partial charge on any atom is 0.0638 e. The number of nitrogens with one attached hydrogen (secondary N) is 1. The van der Waals surface area contributed by atoms with E-state index in [1.165, 1.54) is 5.56 Å². The fraction of sp³-hybridized carbons (Fsp3) is 0.615. The van der Waals surface area contributed by atoms with Crippen molar-refractivity contribution in [2.24, 2.45) is 0 Å². The number of nitrogens with zero attached hydrogens (tertiary/aromatic N) is 2. The molecule has 1 aromatic rings. The van der Waals surface area contributed by atoms with E-state index in [2.05, 4.69) is 50.9 Å². The predicted molar refractivity (Wildman–Crippen MR) is 68.4 cm³/mol. The molecule has 1 aromatic heterocycles. The van der Waals surface area contributed by atoms with Gasteiger partial charge in [0.05, 0.1) is 5.69 Å². The third kappa shape index (κ3) is 4.19. The van der Waals surface area contributed by atoms with Crippen LogP contribution in [0.2, 0.25) is 0 Å². The van der Waals surface area contributed by atoms with Crippen LogP contribution in [0.25, 0.3) is 0 Å². The van der Waals surface area contributed by atoms with Crippen LogP contribution in [0.1, 0.15) is 38.4 Å². The first-order valence-electron chi connectivity index (χ1n) is 5.81. The molecule has 16 heavy (non-hydrogen) atoms. The number of rotatable bonds is 5. The van der Waals surface area contributed by atoms with E-state index in [1.54, 1.807) is 0 Å². The summed E-state index contributed by atoms with van der Waals surface area (Å²) in [5, 5.41) is 7.95. The average molecular weight is 221 g/mol. The molecule has 0 aliphatic rings. The van der Waals surface area contributed by atoms with Crippen molar-refractivity contribution in [1.29, 1.82) is 0 Å². The molecule has 0 fully saturated rings. The van der Waals surface area contributed by atoms with Crippen molar-refractivity contribution in [2.45, 2.75) is 52.7 Å². The van der Waals surface area contributed by atoms with Gasteiger partial charge in [0.25, 0.3) is 0 Å². The van der Waals surface area contributed by atoms with Gasteiger partial charge in [0.1, 0.15) is 0 Å². The Labute approximate surface area is 98.5 Å². The lowest BCUT2D eigenvalue weighted by molar-refractivity contribution is 0.423. The quantitative estimate of drug-likeness (QED) is 0.775. The van der Waals surface area contributed by atoms with Gasteiger partial charge >= 0.3 is 0 Å². The first-order valence-corrected chi connectivity index (χ1v) is 5.81. The van der Waals surface area contributed by atoms with E-state index in [1.807, 2.05) is 10.8 Å². The van der Waals surface area contributed by atoms with Crippen molar-refractivity contribution in [1.82, 2.24) is 15.1 Å². The van der Waals surface area contributed by atoms with Crippen LogP contribution in [0.5, 0.6) is 0 Å². The maximum atomic E-state index is 4.48. The summed E-state index contributed by atoms with van der Waals surface area (Å²) in [6, 6.07) is 0. The number of aryl methyl sites for hydroxylation is 2. The Morgan fingerprint density at radius 3 is 2.75 bits per heavy atom. The van der Waals surface area contributed by atoms with Crippen molar-refractivity contribution in [3.63, 3.8) is 0 Å². The fourth-order valence-electron chi connectivity index (χ4n) is 1.43. The average Bonchev–Trinajstić information content (AvgIpc) is 2.52. The normalized spacial score (nSPS) is 11.8. The molecular weight excluding hydrogens is 198 g/mol. The van der Waals surface area contributed by atoms with Gasteiger partial charge in [-0.1, -0.05) is 6.08 Å². The van der Waals surface area contributed by atoms with E-state index in [9.17, 15) is 0 Å². The maximum absolute atomic E-state index is 4.48. The monoisotopic (exact) mass is 221 g/mol. The van der Waals surface area contributed by atoms with Crippen LogP contribution in [0.15, 0.2) is 18.9 Å². The SMILES string of the molecule is C=CCCn1cc(CNC(C)(C)C)c(C)n1. The summed E-state index contributed by atoms with van der Waals surface area (Å²) < 4.78 is 2.00. The van der Waals surface area contributed by atoms with E-state index in [0.29, 0.717) is 0 Å². The second-order valence-electron chi connectivity index (χ2n) is 5.18. The lowest BCUT2D eigenvalue weighted by atomic mass is 10.1. The minimum absolute atomic E-state index is 0.148. The molecule has 0 bridgehead atoms. The van der Waals surface area contributed by atoms with E-state index in [-0.39, 0.29) is 5.54 Å². The standard InChI is InChI=1S/C13H23N3/c1-6-7-8-16-10-12(11(2)15-16)9-14-13(3,4)5/h6,10,14H,1,7-9H2,2-5H3. The summed E-state index contributed by atoms with van der Waals surface area (Å²) >= 11 is 0. The molecule has 1 N–H and O–H groups in total. The number of aromatic nitrogens is 2. The minimum atomic E-state index is 0.148. The van der Waals surface area contributed by atoms with Crippen LogP contribution in [0, 0.1) is 6.92 Å². The van der Waals surface area contributed by atoms with Gasteiger partial charge in [0.2, 0.25) is 0 Å². The summed E-state index contributed by atoms with van der Waals surface area (Å²) in [5.74, 6) is 0. The van der Waals surface area contributed by atoms with Crippen molar-refractivity contribution in [3.8, 4) is 0 Å². The first-order chi connectivity index (χ1) is 7.42. The van der Waals surface area contributed by atoms with E-state index >= 15 is 0 Å². The lowest BCUT2D eigenvalue weighted by Crippen LogP contribution is -2.35. The Hall–Kier alpha value is -1.09. The van der Waals surface area contributed by atoms with Gasteiger partial charge in [-0.2, -0.15) is 5.10 Å². The van der Waals surface area contributed by atoms with Gasteiger partial charge in [-0.15, -0.1) is 6.58 Å². The predicted octanol–water partition coefficient (Wildman–Crippen LogP) is 2.66. The highest BCUT2D eigenvalue weighted by Gasteiger charge is 2.11. The molecule has 0 saturated heterocycles. The Kier molecular flexibility index (Phi) is 4.30. The molecule has 0 unspecified atom stereocenters. The number of hydrogen-bond acceptors (Lipinski definition) is 2. The van der Waals surface area contributed by atoms with Gasteiger partial charge in [-0.25, -0.2) is 0 Å². The summed E-state index contributed by atoms with van der Waals surface area (Å²) in [7, 11) is 0. The van der Waals surface area contributed by atoms with Crippen LogP contribution in [0.3, 0.4) is 0 Å². The van der Waals surface area contributed by atoms with Gasteiger partial charge < -0.3 is 5.32 Å². The third-order valence-corrected chi connectivity index (χ3v) is 2.42. The minimum Gasteiger partial charge on any atom is -0.308 e. The summed E-state index contributed by atoms with van der Waals surface area (Å²) in [6.45, 7) is 14.1. The van der Waals surface area contributed by atoms with E-state index in [4.69, 9.17) is 0 Å². The third-order valence-electron chi connectivity index (χ3n) is 2.42. The summed E-state index contributed by atoms with van der Waals surface area (Å²) in [6.07, 6.45) is 5.01. The topological polar surface area (TPSA) is 29.9 Å². The smallest absolute Gasteiger partial charge is 0.0638 e. The lowest BCUT2D eigenvalue weighted by Gasteiger charge is -2.20. The molecule has 3 heteroatoms. The van der Waals surface area contributed by atoms with E-state index in [0.717, 1.165) is 25.2 Å². The van der Waals surface area contributed by atoms with Gasteiger partial charge in [0, 0.05) is 30.4 Å². The van der Waals surface area contributed by atoms with Gasteiger partial charge in [-0.3, -0.25) is 4.68 Å². The summed E-state index contributed by atoms with van der Waals surface area (Å²) in [4.78, 5) is 0. The zero-order chi connectivity index (χ0) is 12.2. The van der Waals surface area contributed by atoms with Crippen molar-refractivity contribution in [2.75, 3.05) is 0 Å². The van der Waals surface area contributed by atoms with Crippen LogP contribution in [-0.2, 0) is 13.1 Å². The molecule has 90 valence electrons. The largest absolute Gasteiger partial charge is 0.308 e. The molecule has 0 aliphatic heterocycles. The van der Waals surface area contributed by atoms with Crippen LogP contribution < -0.4 is 5.32 Å². The first kappa shape index (κ1) is 13.0. The van der Waals surface area contributed by atoms with Crippen molar-refractivity contribution < 1.29 is 0 Å². The highest BCUT2D eigenvalue weighted by molar-refractivity contribution is 5.15. The van der Waals surface area contributed by atoms with Crippen molar-refractivity contribution >= 4 is 0 Å². The van der Waals surface area contributed by atoms with Crippen LogP contribution in [-0.4, -0.2) is 15.3 Å².